The van der Waals surface area contributed by atoms with Gasteiger partial charge in [0.1, 0.15) is 5.75 Å². The predicted molar refractivity (Wildman–Crippen MR) is 71.5 cm³/mol. The van der Waals surface area contributed by atoms with Crippen LogP contribution in [0.25, 0.3) is 11.3 Å². The first-order valence-electron chi connectivity index (χ1n) is 5.54. The summed E-state index contributed by atoms with van der Waals surface area (Å²) < 4.78 is 5.33. The minimum Gasteiger partial charge on any atom is -0.496 e. The van der Waals surface area contributed by atoms with Gasteiger partial charge in [-0.15, -0.1) is 11.3 Å². The molecule has 4 heteroatoms. The summed E-state index contributed by atoms with van der Waals surface area (Å²) in [5, 5.41) is 3.12. The van der Waals surface area contributed by atoms with E-state index in [1.165, 1.54) is 0 Å². The third kappa shape index (κ3) is 2.84. The summed E-state index contributed by atoms with van der Waals surface area (Å²) in [6, 6.07) is 8.05. The van der Waals surface area contributed by atoms with Crippen LogP contribution in [0.4, 0.5) is 0 Å². The van der Waals surface area contributed by atoms with Gasteiger partial charge < -0.3 is 10.5 Å². The van der Waals surface area contributed by atoms with Gasteiger partial charge in [0.15, 0.2) is 0 Å². The number of rotatable bonds is 4. The maximum absolute atomic E-state index is 5.77. The summed E-state index contributed by atoms with van der Waals surface area (Å²) in [6.07, 6.45) is 0.819. The molecule has 2 N–H and O–H groups in total. The molecule has 0 aliphatic heterocycles. The molecule has 1 atom stereocenters. The van der Waals surface area contributed by atoms with E-state index >= 15 is 0 Å². The lowest BCUT2D eigenvalue weighted by molar-refractivity contribution is 0.416. The molecule has 0 radical (unpaired) electrons. The first-order valence-corrected chi connectivity index (χ1v) is 6.42. The van der Waals surface area contributed by atoms with Crippen LogP contribution in [0.1, 0.15) is 11.9 Å². The number of hydrogen-bond acceptors (Lipinski definition) is 4. The van der Waals surface area contributed by atoms with Gasteiger partial charge in [-0.05, 0) is 19.1 Å². The van der Waals surface area contributed by atoms with E-state index in [0.29, 0.717) is 0 Å². The van der Waals surface area contributed by atoms with Gasteiger partial charge >= 0.3 is 0 Å². The van der Waals surface area contributed by atoms with Gasteiger partial charge in [0, 0.05) is 23.4 Å². The van der Waals surface area contributed by atoms with Crippen LogP contribution in [0.5, 0.6) is 5.75 Å². The van der Waals surface area contributed by atoms with Crippen molar-refractivity contribution in [3.8, 4) is 17.0 Å². The second-order valence-electron chi connectivity index (χ2n) is 4.01. The van der Waals surface area contributed by atoms with E-state index in [2.05, 4.69) is 10.4 Å². The van der Waals surface area contributed by atoms with Crippen molar-refractivity contribution in [2.24, 2.45) is 5.73 Å². The van der Waals surface area contributed by atoms with E-state index < -0.39 is 0 Å². The molecule has 0 bridgehead atoms. The first-order chi connectivity index (χ1) is 8.20. The summed E-state index contributed by atoms with van der Waals surface area (Å²) >= 11 is 1.65. The highest BCUT2D eigenvalue weighted by Crippen LogP contribution is 2.30. The highest BCUT2D eigenvalue weighted by Gasteiger charge is 2.09. The SMILES string of the molecule is COc1ccccc1-c1csc(CC(C)N)n1. The molecular weight excluding hydrogens is 232 g/mol. The minimum absolute atomic E-state index is 0.145. The Balaban J connectivity index is 2.30. The van der Waals surface area contributed by atoms with Crippen molar-refractivity contribution in [2.75, 3.05) is 7.11 Å². The van der Waals surface area contributed by atoms with Crippen molar-refractivity contribution in [2.45, 2.75) is 19.4 Å². The minimum atomic E-state index is 0.145. The first kappa shape index (κ1) is 12.1. The van der Waals surface area contributed by atoms with E-state index in [-0.39, 0.29) is 6.04 Å². The number of thiazole rings is 1. The second kappa shape index (κ2) is 5.29. The smallest absolute Gasteiger partial charge is 0.128 e. The standard InChI is InChI=1S/C13H16N2OS/c1-9(14)7-13-15-11(8-17-13)10-5-3-4-6-12(10)16-2/h3-6,8-9H,7,14H2,1-2H3. The monoisotopic (exact) mass is 248 g/mol. The number of nitrogens with zero attached hydrogens (tertiary/aromatic N) is 1. The van der Waals surface area contributed by atoms with Crippen LogP contribution in [0.15, 0.2) is 29.6 Å². The Morgan fingerprint density at radius 2 is 2.18 bits per heavy atom. The zero-order valence-electron chi connectivity index (χ0n) is 10.0. The fraction of sp³-hybridized carbons (Fsp3) is 0.308. The molecule has 1 aromatic carbocycles. The predicted octanol–water partition coefficient (Wildman–Crippen LogP) is 2.71. The molecule has 17 heavy (non-hydrogen) atoms. The fourth-order valence-corrected chi connectivity index (χ4v) is 2.60. The van der Waals surface area contributed by atoms with Gasteiger partial charge in [-0.25, -0.2) is 4.98 Å². The van der Waals surface area contributed by atoms with Crippen molar-refractivity contribution in [1.82, 2.24) is 4.98 Å². The lowest BCUT2D eigenvalue weighted by Crippen LogP contribution is -2.17. The van der Waals surface area contributed by atoms with Crippen LogP contribution in [0.3, 0.4) is 0 Å². The van der Waals surface area contributed by atoms with E-state index in [4.69, 9.17) is 10.5 Å². The van der Waals surface area contributed by atoms with Crippen molar-refractivity contribution in [3.05, 3.63) is 34.7 Å². The number of benzene rings is 1. The van der Waals surface area contributed by atoms with Gasteiger partial charge in [0.05, 0.1) is 17.8 Å². The van der Waals surface area contributed by atoms with Crippen molar-refractivity contribution < 1.29 is 4.74 Å². The van der Waals surface area contributed by atoms with E-state index in [9.17, 15) is 0 Å². The number of nitrogens with two attached hydrogens (primary N) is 1. The molecule has 0 amide bonds. The van der Waals surface area contributed by atoms with Gasteiger partial charge in [-0.3, -0.25) is 0 Å². The molecule has 0 fully saturated rings. The highest BCUT2D eigenvalue weighted by molar-refractivity contribution is 7.09. The van der Waals surface area contributed by atoms with Crippen LogP contribution < -0.4 is 10.5 Å². The average molecular weight is 248 g/mol. The van der Waals surface area contributed by atoms with Crippen LogP contribution in [0.2, 0.25) is 0 Å². The van der Waals surface area contributed by atoms with Crippen molar-refractivity contribution in [1.29, 1.82) is 0 Å². The fourth-order valence-electron chi connectivity index (χ4n) is 1.66. The van der Waals surface area contributed by atoms with Gasteiger partial charge in [0.2, 0.25) is 0 Å². The maximum Gasteiger partial charge on any atom is 0.128 e. The Morgan fingerprint density at radius 1 is 1.41 bits per heavy atom. The molecule has 2 rings (SSSR count). The second-order valence-corrected chi connectivity index (χ2v) is 4.95. The van der Waals surface area contributed by atoms with Crippen LogP contribution in [0, 0.1) is 0 Å². The van der Waals surface area contributed by atoms with Gasteiger partial charge in [-0.2, -0.15) is 0 Å². The van der Waals surface area contributed by atoms with Crippen LogP contribution >= 0.6 is 11.3 Å². The number of para-hydroxylation sites is 1. The molecule has 0 aliphatic rings. The largest absolute Gasteiger partial charge is 0.496 e. The molecular formula is C13H16N2OS. The van der Waals surface area contributed by atoms with Crippen LogP contribution in [-0.4, -0.2) is 18.1 Å². The lowest BCUT2D eigenvalue weighted by Gasteiger charge is -2.05. The molecule has 90 valence electrons. The lowest BCUT2D eigenvalue weighted by atomic mass is 10.1. The zero-order chi connectivity index (χ0) is 12.3. The summed E-state index contributed by atoms with van der Waals surface area (Å²) in [5.74, 6) is 0.852. The van der Waals surface area contributed by atoms with Gasteiger partial charge in [0.25, 0.3) is 0 Å². The molecule has 1 aromatic heterocycles. The number of ether oxygens (including phenoxy) is 1. The Labute approximate surface area is 105 Å². The van der Waals surface area contributed by atoms with Gasteiger partial charge in [-0.1, -0.05) is 12.1 Å². The Kier molecular flexibility index (Phi) is 3.76. The third-order valence-corrected chi connectivity index (χ3v) is 3.30. The molecule has 1 unspecified atom stereocenters. The topological polar surface area (TPSA) is 48.1 Å². The summed E-state index contributed by atoms with van der Waals surface area (Å²) in [4.78, 5) is 4.59. The van der Waals surface area contributed by atoms with Crippen molar-refractivity contribution >= 4 is 11.3 Å². The molecule has 3 nitrogen and oxygen atoms in total. The molecule has 0 saturated carbocycles. The number of methoxy groups -OCH3 is 1. The zero-order valence-corrected chi connectivity index (χ0v) is 10.8. The molecule has 2 aromatic rings. The van der Waals surface area contributed by atoms with E-state index in [1.54, 1.807) is 18.4 Å². The molecule has 0 saturated heterocycles. The average Bonchev–Trinajstić information content (AvgIpc) is 2.76. The van der Waals surface area contributed by atoms with Crippen LogP contribution in [-0.2, 0) is 6.42 Å². The molecule has 0 aliphatic carbocycles. The highest BCUT2D eigenvalue weighted by atomic mass is 32.1. The summed E-state index contributed by atoms with van der Waals surface area (Å²) in [5.41, 5.74) is 7.76. The Morgan fingerprint density at radius 3 is 2.88 bits per heavy atom. The molecule has 1 heterocycles. The molecule has 0 spiro atoms. The van der Waals surface area contributed by atoms with E-state index in [1.807, 2.05) is 31.2 Å². The number of aromatic nitrogens is 1. The maximum atomic E-state index is 5.77. The summed E-state index contributed by atoms with van der Waals surface area (Å²) in [7, 11) is 1.67. The normalized spacial score (nSPS) is 12.4. The van der Waals surface area contributed by atoms with E-state index in [0.717, 1.165) is 28.4 Å². The van der Waals surface area contributed by atoms with Crippen molar-refractivity contribution in [3.63, 3.8) is 0 Å². The summed E-state index contributed by atoms with van der Waals surface area (Å²) in [6.45, 7) is 1.99. The number of hydrogen-bond donors (Lipinski definition) is 1. The Hall–Kier alpha value is -1.39. The quantitative estimate of drug-likeness (QED) is 0.905. The third-order valence-electron chi connectivity index (χ3n) is 2.43. The Bertz CT molecular complexity index is 494.